The fraction of sp³-hybridized carbons (Fsp3) is 0.340. The maximum atomic E-state index is 13.7. The monoisotopic (exact) mass is 1960 g/mol. The SMILES string of the molecule is CC(C)c1cc(-c2n[nH]c(=O)n2-c2ccc3c(ccn3CCCC3CCNCC3)c2)c(O)cc1O.CCc1c2c(nc3ccc(OC(=O)N4CCC(CCCn5ccc6cc(-n7c(-c8cc(C(C)C)c(O)cc8O)n[nH]c7=O)ccc65)CC4)cc13)-c1cc3c(c(=O)n1C2)COC(=O)C3(O)CC.CCc1c2c(nc3ccc(OC(=O)Oc4ccc([N+](=O)[O-])cc4)cc13)-c1cc3c(c(=O)n1C2)COC(=O)C3(O)CC.Cl. The van der Waals surface area contributed by atoms with Crippen molar-refractivity contribution >= 4 is 85.9 Å². The van der Waals surface area contributed by atoms with Crippen LogP contribution in [0.15, 0.2) is 177 Å². The Morgan fingerprint density at radius 3 is 1.39 bits per heavy atom. The van der Waals surface area contributed by atoms with Gasteiger partial charge in [0, 0.05) is 118 Å². The summed E-state index contributed by atoms with van der Waals surface area (Å²) in [7, 11) is 0. The number of H-pyrrole nitrogens is 2. The smallest absolute Gasteiger partial charge is 0.508 e. The Hall–Kier alpha value is -15.5. The summed E-state index contributed by atoms with van der Waals surface area (Å²) in [6.07, 6.45) is 12.7. The second kappa shape index (κ2) is 39.5. The minimum atomic E-state index is -1.91. The van der Waals surface area contributed by atoms with Gasteiger partial charge in [-0.3, -0.25) is 19.7 Å². The van der Waals surface area contributed by atoms with E-state index in [1.165, 1.54) is 64.8 Å². The van der Waals surface area contributed by atoms with Gasteiger partial charge < -0.3 is 82.8 Å². The number of halogens is 1. The van der Waals surface area contributed by atoms with Crippen LogP contribution in [0, 0.1) is 22.0 Å². The van der Waals surface area contributed by atoms with Crippen molar-refractivity contribution in [2.75, 3.05) is 26.2 Å². The number of cyclic esters (lactones) is 2. The molecule has 2 unspecified atom stereocenters. The van der Waals surface area contributed by atoms with Crippen LogP contribution in [0.5, 0.6) is 40.2 Å². The third-order valence-electron chi connectivity index (χ3n) is 28.7. The Morgan fingerprint density at radius 2 is 0.958 bits per heavy atom. The first-order valence-corrected chi connectivity index (χ1v) is 48.1. The number of ether oxygens (including phenoxy) is 5. The number of amides is 1. The van der Waals surface area contributed by atoms with Crippen molar-refractivity contribution in [3.63, 3.8) is 0 Å². The number of fused-ring (bicyclic) bond motifs is 12. The van der Waals surface area contributed by atoms with Gasteiger partial charge in [0.15, 0.2) is 22.9 Å². The van der Waals surface area contributed by atoms with Gasteiger partial charge in [-0.25, -0.2) is 58.1 Å². The highest BCUT2D eigenvalue weighted by atomic mass is 35.5. The zero-order chi connectivity index (χ0) is 99.8. The van der Waals surface area contributed by atoms with Gasteiger partial charge in [-0.1, -0.05) is 55.4 Å². The van der Waals surface area contributed by atoms with Gasteiger partial charge in [0.25, 0.3) is 16.8 Å². The summed E-state index contributed by atoms with van der Waals surface area (Å²) in [5, 5.41) is 95.5. The van der Waals surface area contributed by atoms with Crippen LogP contribution in [0.2, 0.25) is 0 Å². The van der Waals surface area contributed by atoms with E-state index in [0.29, 0.717) is 111 Å². The van der Waals surface area contributed by atoms with E-state index in [4.69, 9.17) is 33.7 Å². The molecule has 14 heterocycles. The number of aliphatic hydroxyl groups is 2. The predicted octanol–water partition coefficient (Wildman–Crippen LogP) is 16.4. The quantitative estimate of drug-likeness (QED) is 0.0132. The molecule has 2 atom stereocenters. The second-order valence-corrected chi connectivity index (χ2v) is 37.6. The minimum absolute atomic E-state index is 0. The number of esters is 2. The highest BCUT2D eigenvalue weighted by Crippen LogP contribution is 2.47. The van der Waals surface area contributed by atoms with Crippen molar-refractivity contribution < 1.29 is 78.4 Å². The summed E-state index contributed by atoms with van der Waals surface area (Å²) >= 11 is 0. The molecule has 6 aliphatic heterocycles. The summed E-state index contributed by atoms with van der Waals surface area (Å²) in [5.41, 5.74) is 8.20. The Morgan fingerprint density at radius 1 is 0.524 bits per heavy atom. The largest absolute Gasteiger partial charge is 0.519 e. The van der Waals surface area contributed by atoms with Crippen LogP contribution in [-0.4, -0.2) is 149 Å². The van der Waals surface area contributed by atoms with E-state index in [1.54, 1.807) is 76.4 Å². The number of carbonyl (C=O) groups excluding carboxylic acids is 4. The fourth-order valence-electron chi connectivity index (χ4n) is 20.9. The first kappa shape index (κ1) is 97.7. The number of nitro benzene ring substituents is 1. The van der Waals surface area contributed by atoms with Crippen LogP contribution in [0.4, 0.5) is 15.3 Å². The van der Waals surface area contributed by atoms with Crippen molar-refractivity contribution in [2.24, 2.45) is 11.8 Å². The first-order chi connectivity index (χ1) is 68.3. The Labute approximate surface area is 823 Å². The topological polar surface area (TPSA) is 475 Å². The van der Waals surface area contributed by atoms with Crippen LogP contribution in [0.25, 0.3) is 101 Å². The van der Waals surface area contributed by atoms with Gasteiger partial charge in [-0.05, 0) is 257 Å². The molecule has 8 aromatic heterocycles. The number of aromatic amines is 2. The highest BCUT2D eigenvalue weighted by Gasteiger charge is 2.48. The van der Waals surface area contributed by atoms with E-state index in [1.807, 2.05) is 102 Å². The second-order valence-electron chi connectivity index (χ2n) is 37.6. The number of carbonyl (C=O) groups is 4. The molecule has 1 amide bonds. The van der Waals surface area contributed by atoms with Gasteiger partial charge in [0.05, 0.1) is 85.5 Å². The van der Waals surface area contributed by atoms with Crippen molar-refractivity contribution in [3.8, 4) is 97.2 Å². The van der Waals surface area contributed by atoms with Crippen LogP contribution >= 0.6 is 12.4 Å². The van der Waals surface area contributed by atoms with Gasteiger partial charge in [0.2, 0.25) is 0 Å². The van der Waals surface area contributed by atoms with E-state index < -0.39 is 46.0 Å². The number of non-ortho nitro benzene ring substituents is 1. The highest BCUT2D eigenvalue weighted by molar-refractivity contribution is 5.93. The number of likely N-dealkylation sites (tertiary alicyclic amines) is 1. The molecule has 9 N–H and O–H groups in total. The number of nitrogens with zero attached hydrogens (tertiary/aromatic N) is 12. The lowest BCUT2D eigenvalue weighted by molar-refractivity contribution is -0.384. The molecule has 740 valence electrons. The average molecular weight is 1960 g/mol. The number of nitrogens with one attached hydrogen (secondary N) is 3. The van der Waals surface area contributed by atoms with Crippen LogP contribution in [-0.2, 0) is 82.5 Å². The lowest BCUT2D eigenvalue weighted by Crippen LogP contribution is -2.44. The maximum absolute atomic E-state index is 13.7. The molecule has 2 fully saturated rings. The minimum Gasteiger partial charge on any atom is -0.508 e. The van der Waals surface area contributed by atoms with Crippen LogP contribution in [0.3, 0.4) is 0 Å². The van der Waals surface area contributed by atoms with Crippen LogP contribution < -0.4 is 42.0 Å². The van der Waals surface area contributed by atoms with Crippen molar-refractivity contribution in [3.05, 3.63) is 265 Å². The van der Waals surface area contributed by atoms with Gasteiger partial charge in [-0.2, -0.15) is 10.2 Å². The van der Waals surface area contributed by atoms with E-state index in [-0.39, 0.29) is 148 Å². The fourth-order valence-corrected chi connectivity index (χ4v) is 20.9. The molecule has 2 saturated heterocycles. The molecule has 0 saturated carbocycles. The third kappa shape index (κ3) is 18.2. The van der Waals surface area contributed by atoms with Crippen LogP contribution in [0.1, 0.15) is 187 Å². The molecule has 0 aliphatic carbocycles. The summed E-state index contributed by atoms with van der Waals surface area (Å²) in [6, 6.07) is 40.4. The average Bonchev–Trinajstić information content (AvgIpc) is 1.53. The molecule has 7 aromatic carbocycles. The number of benzene rings is 7. The van der Waals surface area contributed by atoms with Gasteiger partial charge >= 0.3 is 35.6 Å². The lowest BCUT2D eigenvalue weighted by Gasteiger charge is -2.31. The summed E-state index contributed by atoms with van der Waals surface area (Å²) in [4.78, 5) is 126. The van der Waals surface area contributed by atoms with Crippen molar-refractivity contribution in [1.29, 1.82) is 0 Å². The van der Waals surface area contributed by atoms with E-state index in [9.17, 15) is 79.1 Å². The van der Waals surface area contributed by atoms with Crippen molar-refractivity contribution in [2.45, 2.75) is 195 Å². The number of phenolic OH excluding ortho intramolecular Hbond substituents is 4. The molecule has 37 heteroatoms. The normalized spacial score (nSPS) is 16.3. The van der Waals surface area contributed by atoms with Gasteiger partial charge in [-0.15, -0.1) is 12.4 Å². The molecule has 0 bridgehead atoms. The van der Waals surface area contributed by atoms with Crippen molar-refractivity contribution in [1.82, 2.24) is 68.0 Å². The number of aryl methyl sites for hydroxylation is 4. The molecule has 0 spiro atoms. The molecular formula is C106H108ClN15O21. The Balaban J connectivity index is 0.000000150. The molecular weight excluding hydrogens is 1850 g/mol. The molecule has 143 heavy (non-hydrogen) atoms. The molecule has 36 nitrogen and oxygen atoms in total. The number of pyridine rings is 4. The van der Waals surface area contributed by atoms with E-state index >= 15 is 0 Å². The number of nitro groups is 1. The standard InChI is InChI=1S/C50H51N7O9.C29H23N3O9.C27H33N5O3.ClH/c1-5-32-34-21-31(10-11-39(34)51-44-36(32)25-56-41(44)23-38-37(46(56)60)26-65-47(61)50(38,64)6-2)66-49(63)55-17-13-28(14-18-55)8-7-16-54-19-15-29-20-30(9-12-40(29)54)57-45(52-53-48(57)62)35-22-33(27(3)4)42(58)24-43(35)59;1-3-18-19-11-17(41-28(35)40-16-7-5-15(6-8-16)32(37)38)9-10-23(19)30-25-20(18)13-31-24(25)12-22-21(26(31)33)14-39-27(34)29(22,36)4-2;1-17(2)21-15-22(25(34)16-24(21)33)26-29-30-27(35)32(26)20-5-6-23-19(14-20)9-13-31(23)12-3-4-18-7-10-28-11-8-18;/h9-12,15,19-24,27-28,58-59,64H,5-8,13-14,16-18,25-26H2,1-4H3,(H,53,62);5-12,36H,3-4,13-14H2,1-2H3;5-6,9,13-18,28,33-34H,3-4,7-8,10-12H2,1-2H3,(H,30,35);1H. The number of phenols is 4. The molecule has 0 radical (unpaired) electrons. The van der Waals surface area contributed by atoms with E-state index in [2.05, 4.69) is 47.1 Å². The number of rotatable bonds is 22. The Bertz CT molecular complexity index is 7880. The number of aromatic hydroxyl groups is 4. The maximum Gasteiger partial charge on any atom is 0.519 e. The number of piperidine rings is 2. The van der Waals surface area contributed by atoms with Gasteiger partial charge in [0.1, 0.15) is 53.5 Å². The Kier molecular flexibility index (Phi) is 27.0. The third-order valence-corrected chi connectivity index (χ3v) is 28.7. The number of hydrogen-bond acceptors (Lipinski definition) is 26. The zero-order valence-electron chi connectivity index (χ0n) is 80.0. The zero-order valence-corrected chi connectivity index (χ0v) is 80.8. The molecule has 6 aliphatic rings. The molecule has 15 aromatic rings. The summed E-state index contributed by atoms with van der Waals surface area (Å²) < 4.78 is 37.4. The number of aromatic nitrogens is 12. The summed E-state index contributed by atoms with van der Waals surface area (Å²) in [6.45, 7) is 20.5. The lowest BCUT2D eigenvalue weighted by atomic mass is 9.86. The van der Waals surface area contributed by atoms with E-state index in [0.717, 1.165) is 119 Å². The number of hydrogen-bond donors (Lipinski definition) is 9. The predicted molar refractivity (Wildman–Crippen MR) is 534 cm³/mol. The summed E-state index contributed by atoms with van der Waals surface area (Å²) in [5.74, 6) is 0.719. The first-order valence-electron chi connectivity index (χ1n) is 48.1. The molecule has 21 rings (SSSR count).